The molecule has 1 atom stereocenters. The number of hydrogen-bond donors (Lipinski definition) is 1. The summed E-state index contributed by atoms with van der Waals surface area (Å²) < 4.78 is 15.4. The van der Waals surface area contributed by atoms with E-state index in [0.717, 1.165) is 22.0 Å². The first-order valence-electron chi connectivity index (χ1n) is 10.7. The molecule has 3 nitrogen and oxygen atoms in total. The van der Waals surface area contributed by atoms with Gasteiger partial charge in [-0.2, -0.15) is 0 Å². The Morgan fingerprint density at radius 2 is 1.68 bits per heavy atom. The van der Waals surface area contributed by atoms with E-state index >= 15 is 0 Å². The highest BCUT2D eigenvalue weighted by molar-refractivity contribution is 5.85. The van der Waals surface area contributed by atoms with E-state index in [1.54, 1.807) is 0 Å². The van der Waals surface area contributed by atoms with Gasteiger partial charge in [0.2, 0.25) is 5.91 Å². The summed E-state index contributed by atoms with van der Waals surface area (Å²) in [7, 11) is 0. The third kappa shape index (κ3) is 5.21. The Kier molecular flexibility index (Phi) is 6.46. The average Bonchev–Trinajstić information content (AvgIpc) is 3.15. The second-order valence-electron chi connectivity index (χ2n) is 8.04. The van der Waals surface area contributed by atoms with Crippen LogP contribution in [0.5, 0.6) is 0 Å². The van der Waals surface area contributed by atoms with Gasteiger partial charge in [0.15, 0.2) is 0 Å². The zero-order valence-corrected chi connectivity index (χ0v) is 17.7. The Morgan fingerprint density at radius 3 is 2.45 bits per heavy atom. The van der Waals surface area contributed by atoms with Gasteiger partial charge < -0.3 is 9.88 Å². The van der Waals surface area contributed by atoms with Crippen LogP contribution in [-0.4, -0.2) is 17.0 Å². The molecule has 31 heavy (non-hydrogen) atoms. The van der Waals surface area contributed by atoms with Gasteiger partial charge in [0, 0.05) is 36.6 Å². The molecule has 4 rings (SSSR count). The maximum Gasteiger partial charge on any atom is 0.220 e. The molecule has 1 heterocycles. The standard InChI is InChI=1S/C27H27FN2O/c1-20(22-7-3-2-4-8-22)17-29-27(31)16-13-23-19-30(26-10-6-5-9-25(23)26)18-21-11-14-24(28)15-12-21/h2-12,14-15,19-20H,13,16-18H2,1H3,(H,29,31). The van der Waals surface area contributed by atoms with Gasteiger partial charge in [0.25, 0.3) is 0 Å². The summed E-state index contributed by atoms with van der Waals surface area (Å²) in [5.74, 6) is 0.121. The number of amides is 1. The molecule has 1 aromatic heterocycles. The highest BCUT2D eigenvalue weighted by Gasteiger charge is 2.12. The number of halogens is 1. The van der Waals surface area contributed by atoms with E-state index in [4.69, 9.17) is 0 Å². The van der Waals surface area contributed by atoms with Crippen molar-refractivity contribution in [1.29, 1.82) is 0 Å². The normalized spacial score (nSPS) is 12.1. The molecule has 0 fully saturated rings. The molecule has 0 bridgehead atoms. The monoisotopic (exact) mass is 414 g/mol. The van der Waals surface area contributed by atoms with Crippen molar-refractivity contribution in [3.8, 4) is 0 Å². The predicted molar refractivity (Wildman–Crippen MR) is 124 cm³/mol. The van der Waals surface area contributed by atoms with Crippen molar-refractivity contribution in [3.05, 3.63) is 108 Å². The van der Waals surface area contributed by atoms with Crippen LogP contribution in [0, 0.1) is 5.82 Å². The molecule has 0 saturated carbocycles. The van der Waals surface area contributed by atoms with Crippen LogP contribution in [0.2, 0.25) is 0 Å². The Bertz CT molecular complexity index is 1150. The summed E-state index contributed by atoms with van der Waals surface area (Å²) in [5.41, 5.74) is 4.55. The third-order valence-electron chi connectivity index (χ3n) is 5.73. The first-order chi connectivity index (χ1) is 15.1. The van der Waals surface area contributed by atoms with Crippen LogP contribution in [0.15, 0.2) is 85.1 Å². The molecule has 1 amide bonds. The van der Waals surface area contributed by atoms with E-state index in [9.17, 15) is 9.18 Å². The molecule has 0 saturated heterocycles. The van der Waals surface area contributed by atoms with E-state index < -0.39 is 0 Å². The van der Waals surface area contributed by atoms with Crippen LogP contribution < -0.4 is 5.32 Å². The summed E-state index contributed by atoms with van der Waals surface area (Å²) in [6.07, 6.45) is 3.25. The second kappa shape index (κ2) is 9.61. The topological polar surface area (TPSA) is 34.0 Å². The maximum absolute atomic E-state index is 13.2. The summed E-state index contributed by atoms with van der Waals surface area (Å²) in [5, 5.41) is 4.23. The molecule has 4 aromatic rings. The van der Waals surface area contributed by atoms with Crippen LogP contribution in [0.4, 0.5) is 4.39 Å². The lowest BCUT2D eigenvalue weighted by Crippen LogP contribution is -2.27. The molecular weight excluding hydrogens is 387 g/mol. The Morgan fingerprint density at radius 1 is 0.968 bits per heavy atom. The summed E-state index contributed by atoms with van der Waals surface area (Å²) >= 11 is 0. The molecule has 0 aliphatic carbocycles. The van der Waals surface area contributed by atoms with E-state index in [0.29, 0.717) is 25.9 Å². The summed E-state index contributed by atoms with van der Waals surface area (Å²) in [6, 6.07) is 25.1. The average molecular weight is 415 g/mol. The van der Waals surface area contributed by atoms with Gasteiger partial charge in [-0.05, 0) is 47.2 Å². The van der Waals surface area contributed by atoms with Crippen molar-refractivity contribution in [3.63, 3.8) is 0 Å². The number of nitrogens with one attached hydrogen (secondary N) is 1. The van der Waals surface area contributed by atoms with Crippen LogP contribution in [-0.2, 0) is 17.8 Å². The minimum atomic E-state index is -0.227. The van der Waals surface area contributed by atoms with Crippen molar-refractivity contribution in [2.24, 2.45) is 0 Å². The van der Waals surface area contributed by atoms with Crippen LogP contribution in [0.1, 0.15) is 36.0 Å². The van der Waals surface area contributed by atoms with Crippen LogP contribution >= 0.6 is 0 Å². The van der Waals surface area contributed by atoms with E-state index in [1.807, 2.05) is 42.5 Å². The molecule has 1 unspecified atom stereocenters. The molecule has 0 spiro atoms. The Hall–Kier alpha value is -3.40. The molecule has 158 valence electrons. The molecule has 0 aliphatic rings. The first kappa shape index (κ1) is 20.9. The van der Waals surface area contributed by atoms with E-state index in [2.05, 4.69) is 47.3 Å². The third-order valence-corrected chi connectivity index (χ3v) is 5.73. The number of fused-ring (bicyclic) bond motifs is 1. The van der Waals surface area contributed by atoms with E-state index in [1.165, 1.54) is 17.7 Å². The Balaban J connectivity index is 1.40. The number of aromatic nitrogens is 1. The highest BCUT2D eigenvalue weighted by atomic mass is 19.1. The zero-order valence-electron chi connectivity index (χ0n) is 17.7. The molecule has 0 radical (unpaired) electrons. The number of nitrogens with zero attached hydrogens (tertiary/aromatic N) is 1. The fourth-order valence-electron chi connectivity index (χ4n) is 3.94. The fourth-order valence-corrected chi connectivity index (χ4v) is 3.94. The summed E-state index contributed by atoms with van der Waals surface area (Å²) in [6.45, 7) is 3.43. The quantitative estimate of drug-likeness (QED) is 0.395. The molecule has 1 N–H and O–H groups in total. The van der Waals surface area contributed by atoms with Gasteiger partial charge >= 0.3 is 0 Å². The van der Waals surface area contributed by atoms with E-state index in [-0.39, 0.29) is 17.6 Å². The van der Waals surface area contributed by atoms with Crippen molar-refractivity contribution in [2.45, 2.75) is 32.2 Å². The second-order valence-corrected chi connectivity index (χ2v) is 8.04. The smallest absolute Gasteiger partial charge is 0.220 e. The van der Waals surface area contributed by atoms with Gasteiger partial charge in [-0.3, -0.25) is 4.79 Å². The van der Waals surface area contributed by atoms with Gasteiger partial charge in [-0.25, -0.2) is 4.39 Å². The maximum atomic E-state index is 13.2. The van der Waals surface area contributed by atoms with Crippen molar-refractivity contribution >= 4 is 16.8 Å². The minimum Gasteiger partial charge on any atom is -0.355 e. The lowest BCUT2D eigenvalue weighted by atomic mass is 10.0. The summed E-state index contributed by atoms with van der Waals surface area (Å²) in [4.78, 5) is 12.5. The number of carbonyl (C=O) groups excluding carboxylic acids is 1. The van der Waals surface area contributed by atoms with Gasteiger partial charge in [-0.15, -0.1) is 0 Å². The van der Waals surface area contributed by atoms with Gasteiger partial charge in [0.1, 0.15) is 5.82 Å². The Labute approximate surface area is 182 Å². The van der Waals surface area contributed by atoms with Gasteiger partial charge in [0.05, 0.1) is 0 Å². The number of carbonyl (C=O) groups is 1. The van der Waals surface area contributed by atoms with Crippen LogP contribution in [0.3, 0.4) is 0 Å². The number of para-hydroxylation sites is 1. The number of benzene rings is 3. The molecular formula is C27H27FN2O. The van der Waals surface area contributed by atoms with Crippen molar-refractivity contribution in [1.82, 2.24) is 9.88 Å². The predicted octanol–water partition coefficient (Wildman–Crippen LogP) is 5.68. The fraction of sp³-hybridized carbons (Fsp3) is 0.222. The lowest BCUT2D eigenvalue weighted by Gasteiger charge is -2.13. The zero-order chi connectivity index (χ0) is 21.6. The minimum absolute atomic E-state index is 0.0677. The highest BCUT2D eigenvalue weighted by Crippen LogP contribution is 2.24. The molecule has 4 heteroatoms. The number of aryl methyl sites for hydroxylation is 1. The lowest BCUT2D eigenvalue weighted by molar-refractivity contribution is -0.121. The van der Waals surface area contributed by atoms with Crippen LogP contribution in [0.25, 0.3) is 10.9 Å². The van der Waals surface area contributed by atoms with Crippen molar-refractivity contribution in [2.75, 3.05) is 6.54 Å². The SMILES string of the molecule is CC(CNC(=O)CCc1cn(Cc2ccc(F)cc2)c2ccccc12)c1ccccc1. The largest absolute Gasteiger partial charge is 0.355 e. The molecule has 0 aliphatic heterocycles. The molecule has 3 aromatic carbocycles. The van der Waals surface area contributed by atoms with Gasteiger partial charge in [-0.1, -0.05) is 67.6 Å². The number of hydrogen-bond acceptors (Lipinski definition) is 1. The van der Waals surface area contributed by atoms with Crippen molar-refractivity contribution < 1.29 is 9.18 Å². The first-order valence-corrected chi connectivity index (χ1v) is 10.7. The number of rotatable bonds is 8.